The van der Waals surface area contributed by atoms with Gasteiger partial charge in [0, 0.05) is 25.2 Å². The van der Waals surface area contributed by atoms with Crippen molar-refractivity contribution in [2.45, 2.75) is 31.7 Å². The summed E-state index contributed by atoms with van der Waals surface area (Å²) < 4.78 is 0. The maximum atomic E-state index is 13.3. The number of carbonyl (C=O) groups excluding carboxylic acids is 2. The molecule has 0 aliphatic carbocycles. The number of amides is 2. The molecule has 1 heterocycles. The van der Waals surface area contributed by atoms with Crippen LogP contribution in [0.1, 0.15) is 46.8 Å². The number of aryl methyl sites for hydroxylation is 1. The second-order valence-electron chi connectivity index (χ2n) is 9.17. The normalized spacial score (nSPS) is 15.3. The highest BCUT2D eigenvalue weighted by Crippen LogP contribution is 2.20. The Hall–Kier alpha value is -3.44. The van der Waals surface area contributed by atoms with E-state index in [-0.39, 0.29) is 24.3 Å². The number of hydrogen-bond donors (Lipinski definition) is 1. The van der Waals surface area contributed by atoms with Crippen molar-refractivity contribution in [3.8, 4) is 0 Å². The van der Waals surface area contributed by atoms with Crippen LogP contribution in [0.15, 0.2) is 91.0 Å². The van der Waals surface area contributed by atoms with E-state index in [0.717, 1.165) is 57.5 Å². The van der Waals surface area contributed by atoms with E-state index in [1.165, 1.54) is 5.56 Å². The van der Waals surface area contributed by atoms with Crippen LogP contribution < -0.4 is 5.32 Å². The average Bonchev–Trinajstić information content (AvgIpc) is 3.16. The molecule has 1 aliphatic rings. The van der Waals surface area contributed by atoms with E-state index in [4.69, 9.17) is 0 Å². The standard InChI is InChI=1S/C30H35N3O2/c34-29(33-21-11-20-32(22-23-33)19-10-14-25-12-4-1-5-13-25)24-28(26-15-6-2-7-16-26)31-30(35)27-17-8-3-9-18-27/h1-9,12-13,15-18,28H,10-11,14,19-24H2,(H,31,35). The van der Waals surface area contributed by atoms with Crippen molar-refractivity contribution >= 4 is 11.8 Å². The molecule has 3 aromatic rings. The average molecular weight is 470 g/mol. The Morgan fingerprint density at radius 1 is 0.771 bits per heavy atom. The molecule has 182 valence electrons. The highest BCUT2D eigenvalue weighted by molar-refractivity contribution is 5.94. The minimum Gasteiger partial charge on any atom is -0.345 e. The zero-order valence-electron chi connectivity index (χ0n) is 20.3. The van der Waals surface area contributed by atoms with Gasteiger partial charge in [-0.3, -0.25) is 9.59 Å². The van der Waals surface area contributed by atoms with E-state index in [2.05, 4.69) is 40.5 Å². The summed E-state index contributed by atoms with van der Waals surface area (Å²) in [6.45, 7) is 4.47. The molecular formula is C30H35N3O2. The van der Waals surface area contributed by atoms with Crippen LogP contribution in [0, 0.1) is 0 Å². The highest BCUT2D eigenvalue weighted by Gasteiger charge is 2.24. The Labute approximate surface area is 208 Å². The fourth-order valence-corrected chi connectivity index (χ4v) is 4.67. The number of benzene rings is 3. The molecule has 1 fully saturated rings. The van der Waals surface area contributed by atoms with Crippen LogP contribution in [0.25, 0.3) is 0 Å². The summed E-state index contributed by atoms with van der Waals surface area (Å²) >= 11 is 0. The Bertz CT molecular complexity index is 1060. The van der Waals surface area contributed by atoms with Gasteiger partial charge in [0.05, 0.1) is 12.5 Å². The summed E-state index contributed by atoms with van der Waals surface area (Å²) in [7, 11) is 0. The largest absolute Gasteiger partial charge is 0.345 e. The van der Waals surface area contributed by atoms with Gasteiger partial charge in [0.1, 0.15) is 0 Å². The van der Waals surface area contributed by atoms with Crippen LogP contribution in [-0.4, -0.2) is 54.3 Å². The van der Waals surface area contributed by atoms with Crippen molar-refractivity contribution in [3.63, 3.8) is 0 Å². The third-order valence-electron chi connectivity index (χ3n) is 6.65. The van der Waals surface area contributed by atoms with Gasteiger partial charge in [0.15, 0.2) is 0 Å². The number of nitrogens with zero attached hydrogens (tertiary/aromatic N) is 2. The van der Waals surface area contributed by atoms with E-state index in [0.29, 0.717) is 5.56 Å². The fraction of sp³-hybridized carbons (Fsp3) is 0.333. The van der Waals surface area contributed by atoms with Crippen LogP contribution in [-0.2, 0) is 11.2 Å². The molecule has 0 radical (unpaired) electrons. The van der Waals surface area contributed by atoms with Gasteiger partial charge < -0.3 is 15.1 Å². The lowest BCUT2D eigenvalue weighted by molar-refractivity contribution is -0.131. The molecule has 1 N–H and O–H groups in total. The number of hydrogen-bond acceptors (Lipinski definition) is 3. The first-order chi connectivity index (χ1) is 17.2. The van der Waals surface area contributed by atoms with Crippen molar-refractivity contribution in [3.05, 3.63) is 108 Å². The molecule has 2 amide bonds. The first kappa shape index (κ1) is 24.7. The summed E-state index contributed by atoms with van der Waals surface area (Å²) in [5, 5.41) is 3.09. The highest BCUT2D eigenvalue weighted by atomic mass is 16.2. The lowest BCUT2D eigenvalue weighted by Crippen LogP contribution is -2.38. The number of nitrogens with one attached hydrogen (secondary N) is 1. The molecule has 1 atom stereocenters. The Balaban J connectivity index is 1.32. The summed E-state index contributed by atoms with van der Waals surface area (Å²) in [5.41, 5.74) is 2.92. The lowest BCUT2D eigenvalue weighted by Gasteiger charge is -2.25. The van der Waals surface area contributed by atoms with Crippen LogP contribution in [0.2, 0.25) is 0 Å². The molecule has 5 heteroatoms. The van der Waals surface area contributed by atoms with Crippen molar-refractivity contribution in [1.82, 2.24) is 15.1 Å². The minimum absolute atomic E-state index is 0.0957. The monoisotopic (exact) mass is 469 g/mol. The molecule has 5 nitrogen and oxygen atoms in total. The van der Waals surface area contributed by atoms with Gasteiger partial charge in [-0.15, -0.1) is 0 Å². The van der Waals surface area contributed by atoms with Crippen molar-refractivity contribution in [2.24, 2.45) is 0 Å². The molecular weight excluding hydrogens is 434 g/mol. The van der Waals surface area contributed by atoms with Crippen molar-refractivity contribution < 1.29 is 9.59 Å². The first-order valence-corrected chi connectivity index (χ1v) is 12.6. The summed E-state index contributed by atoms with van der Waals surface area (Å²) in [6.07, 6.45) is 3.44. The van der Waals surface area contributed by atoms with Gasteiger partial charge in [-0.1, -0.05) is 78.9 Å². The molecule has 1 saturated heterocycles. The number of rotatable bonds is 9. The molecule has 0 aromatic heterocycles. The van der Waals surface area contributed by atoms with E-state index < -0.39 is 0 Å². The van der Waals surface area contributed by atoms with Crippen LogP contribution >= 0.6 is 0 Å². The van der Waals surface area contributed by atoms with Crippen LogP contribution in [0.4, 0.5) is 0 Å². The van der Waals surface area contributed by atoms with Gasteiger partial charge >= 0.3 is 0 Å². The second-order valence-corrected chi connectivity index (χ2v) is 9.17. The predicted octanol–water partition coefficient (Wildman–Crippen LogP) is 4.71. The topological polar surface area (TPSA) is 52.7 Å². The third-order valence-corrected chi connectivity index (χ3v) is 6.65. The summed E-state index contributed by atoms with van der Waals surface area (Å²) in [6, 6.07) is 29.2. The molecule has 35 heavy (non-hydrogen) atoms. The van der Waals surface area contributed by atoms with E-state index in [1.54, 1.807) is 12.1 Å². The number of carbonyl (C=O) groups is 2. The van der Waals surface area contributed by atoms with Crippen LogP contribution in [0.5, 0.6) is 0 Å². The van der Waals surface area contributed by atoms with Crippen molar-refractivity contribution in [2.75, 3.05) is 32.7 Å². The molecule has 0 bridgehead atoms. The Morgan fingerprint density at radius 3 is 2.14 bits per heavy atom. The SMILES string of the molecule is O=C(NC(CC(=O)N1CCCN(CCCc2ccccc2)CC1)c1ccccc1)c1ccccc1. The quantitative estimate of drug-likeness (QED) is 0.494. The minimum atomic E-state index is -0.360. The smallest absolute Gasteiger partial charge is 0.251 e. The molecule has 3 aromatic carbocycles. The molecule has 0 saturated carbocycles. The molecule has 0 spiro atoms. The predicted molar refractivity (Wildman–Crippen MR) is 140 cm³/mol. The van der Waals surface area contributed by atoms with Crippen LogP contribution in [0.3, 0.4) is 0 Å². The lowest BCUT2D eigenvalue weighted by atomic mass is 10.0. The third kappa shape index (κ3) is 7.52. The van der Waals surface area contributed by atoms with Gasteiger partial charge in [-0.25, -0.2) is 0 Å². The maximum absolute atomic E-state index is 13.3. The molecule has 4 rings (SSSR count). The fourth-order valence-electron chi connectivity index (χ4n) is 4.67. The second kappa shape index (κ2) is 12.9. The van der Waals surface area contributed by atoms with Gasteiger partial charge in [-0.05, 0) is 55.6 Å². The first-order valence-electron chi connectivity index (χ1n) is 12.6. The summed E-state index contributed by atoms with van der Waals surface area (Å²) in [5.74, 6) is -0.0638. The van der Waals surface area contributed by atoms with E-state index in [9.17, 15) is 9.59 Å². The van der Waals surface area contributed by atoms with E-state index >= 15 is 0 Å². The zero-order valence-corrected chi connectivity index (χ0v) is 20.3. The summed E-state index contributed by atoms with van der Waals surface area (Å²) in [4.78, 5) is 30.6. The maximum Gasteiger partial charge on any atom is 0.251 e. The van der Waals surface area contributed by atoms with Gasteiger partial charge in [0.25, 0.3) is 5.91 Å². The Kier molecular flexibility index (Phi) is 9.07. The van der Waals surface area contributed by atoms with Gasteiger partial charge in [-0.2, -0.15) is 0 Å². The molecule has 1 aliphatic heterocycles. The zero-order chi connectivity index (χ0) is 24.3. The van der Waals surface area contributed by atoms with E-state index in [1.807, 2.05) is 53.4 Å². The molecule has 1 unspecified atom stereocenters. The van der Waals surface area contributed by atoms with Crippen molar-refractivity contribution in [1.29, 1.82) is 0 Å². The Morgan fingerprint density at radius 2 is 1.43 bits per heavy atom. The van der Waals surface area contributed by atoms with Gasteiger partial charge in [0.2, 0.25) is 5.91 Å².